The predicted molar refractivity (Wildman–Crippen MR) is 72.5 cm³/mol. The first-order chi connectivity index (χ1) is 8.84. The van der Waals surface area contributed by atoms with Gasteiger partial charge in [0, 0.05) is 6.42 Å². The smallest absolute Gasteiger partial charge is 0.103 e. The quantitative estimate of drug-likeness (QED) is 0.783. The highest BCUT2D eigenvalue weighted by molar-refractivity contribution is 6.99. The monoisotopic (exact) mass is 256 g/mol. The topological polar surface area (TPSA) is 46.0 Å². The van der Waals surface area contributed by atoms with Crippen LogP contribution in [0.25, 0.3) is 10.8 Å². The van der Waals surface area contributed by atoms with E-state index in [1.807, 2.05) is 24.3 Å². The van der Waals surface area contributed by atoms with Crippen LogP contribution in [-0.2, 0) is 6.42 Å². The zero-order valence-corrected chi connectivity index (χ0v) is 10.5. The van der Waals surface area contributed by atoms with Gasteiger partial charge in [-0.2, -0.15) is 8.75 Å². The molecule has 1 unspecified atom stereocenters. The predicted octanol–water partition coefficient (Wildman–Crippen LogP) is 2.97. The Labute approximate surface area is 109 Å². The van der Waals surface area contributed by atoms with Crippen LogP contribution in [0.4, 0.5) is 0 Å². The van der Waals surface area contributed by atoms with Gasteiger partial charge in [-0.15, -0.1) is 0 Å². The SMILES string of the molecule is OC(Cc1cccc2ccccc12)c1cnsn1. The third kappa shape index (κ3) is 2.12. The second-order valence-electron chi connectivity index (χ2n) is 4.19. The van der Waals surface area contributed by atoms with Crippen molar-refractivity contribution in [1.29, 1.82) is 0 Å². The third-order valence-corrected chi connectivity index (χ3v) is 3.51. The molecule has 4 heteroatoms. The Morgan fingerprint density at radius 1 is 1.11 bits per heavy atom. The zero-order valence-electron chi connectivity index (χ0n) is 9.65. The van der Waals surface area contributed by atoms with Gasteiger partial charge < -0.3 is 5.11 Å². The van der Waals surface area contributed by atoms with Crippen LogP contribution in [-0.4, -0.2) is 13.9 Å². The van der Waals surface area contributed by atoms with Crippen LogP contribution in [0.2, 0.25) is 0 Å². The van der Waals surface area contributed by atoms with E-state index in [2.05, 4.69) is 26.9 Å². The lowest BCUT2D eigenvalue weighted by molar-refractivity contribution is 0.175. The number of fused-ring (bicyclic) bond motifs is 1. The normalized spacial score (nSPS) is 12.7. The van der Waals surface area contributed by atoms with E-state index in [-0.39, 0.29) is 0 Å². The molecule has 0 amide bonds. The van der Waals surface area contributed by atoms with Crippen LogP contribution in [0.1, 0.15) is 17.4 Å². The van der Waals surface area contributed by atoms with E-state index >= 15 is 0 Å². The summed E-state index contributed by atoms with van der Waals surface area (Å²) in [5.74, 6) is 0. The molecule has 0 fully saturated rings. The first kappa shape index (κ1) is 11.3. The molecule has 18 heavy (non-hydrogen) atoms. The minimum Gasteiger partial charge on any atom is -0.386 e. The molecule has 1 atom stereocenters. The fourth-order valence-electron chi connectivity index (χ4n) is 2.10. The van der Waals surface area contributed by atoms with E-state index in [0.717, 1.165) is 17.3 Å². The molecule has 3 nitrogen and oxygen atoms in total. The molecule has 3 rings (SSSR count). The molecular formula is C14H12N2OS. The molecule has 0 aliphatic rings. The highest BCUT2D eigenvalue weighted by Gasteiger charge is 2.12. The van der Waals surface area contributed by atoms with Gasteiger partial charge in [0.2, 0.25) is 0 Å². The lowest BCUT2D eigenvalue weighted by Gasteiger charge is -2.10. The van der Waals surface area contributed by atoms with Gasteiger partial charge in [0.15, 0.2) is 0 Å². The first-order valence-electron chi connectivity index (χ1n) is 5.77. The molecule has 0 radical (unpaired) electrons. The highest BCUT2D eigenvalue weighted by atomic mass is 32.1. The van der Waals surface area contributed by atoms with Crippen molar-refractivity contribution in [2.45, 2.75) is 12.5 Å². The van der Waals surface area contributed by atoms with E-state index in [1.54, 1.807) is 6.20 Å². The van der Waals surface area contributed by atoms with Gasteiger partial charge >= 0.3 is 0 Å². The summed E-state index contributed by atoms with van der Waals surface area (Å²) in [5, 5.41) is 12.5. The Balaban J connectivity index is 1.95. The highest BCUT2D eigenvalue weighted by Crippen LogP contribution is 2.23. The summed E-state index contributed by atoms with van der Waals surface area (Å²) in [7, 11) is 0. The van der Waals surface area contributed by atoms with E-state index in [4.69, 9.17) is 0 Å². The summed E-state index contributed by atoms with van der Waals surface area (Å²) in [5.41, 5.74) is 1.78. The molecule has 0 saturated carbocycles. The molecule has 0 saturated heterocycles. The van der Waals surface area contributed by atoms with Gasteiger partial charge in [0.25, 0.3) is 0 Å². The van der Waals surface area contributed by atoms with Crippen LogP contribution < -0.4 is 0 Å². The van der Waals surface area contributed by atoms with Gasteiger partial charge in [-0.3, -0.25) is 0 Å². The maximum absolute atomic E-state index is 10.1. The van der Waals surface area contributed by atoms with E-state index < -0.39 is 6.10 Å². The summed E-state index contributed by atoms with van der Waals surface area (Å²) < 4.78 is 7.99. The van der Waals surface area contributed by atoms with E-state index in [1.165, 1.54) is 10.8 Å². The lowest BCUT2D eigenvalue weighted by atomic mass is 9.99. The number of benzene rings is 2. The molecule has 1 heterocycles. The van der Waals surface area contributed by atoms with Gasteiger partial charge in [-0.05, 0) is 16.3 Å². The maximum atomic E-state index is 10.1. The number of rotatable bonds is 3. The fourth-order valence-corrected chi connectivity index (χ4v) is 2.57. The molecule has 1 N–H and O–H groups in total. The molecule has 3 aromatic rings. The molecule has 0 bridgehead atoms. The summed E-state index contributed by atoms with van der Waals surface area (Å²) >= 11 is 1.12. The Kier molecular flexibility index (Phi) is 3.04. The second kappa shape index (κ2) is 4.84. The third-order valence-electron chi connectivity index (χ3n) is 3.01. The molecular weight excluding hydrogens is 244 g/mol. The largest absolute Gasteiger partial charge is 0.386 e. The van der Waals surface area contributed by atoms with Crippen LogP contribution >= 0.6 is 11.7 Å². The Morgan fingerprint density at radius 2 is 1.94 bits per heavy atom. The van der Waals surface area contributed by atoms with E-state index in [0.29, 0.717) is 12.1 Å². The lowest BCUT2D eigenvalue weighted by Crippen LogP contribution is -2.02. The summed E-state index contributed by atoms with van der Waals surface area (Å²) in [6, 6.07) is 14.3. The minimum atomic E-state index is -0.588. The van der Waals surface area contributed by atoms with Crippen molar-refractivity contribution in [1.82, 2.24) is 8.75 Å². The molecule has 90 valence electrons. The van der Waals surface area contributed by atoms with Crippen molar-refractivity contribution >= 4 is 22.5 Å². The molecule has 1 aromatic heterocycles. The number of hydrogen-bond acceptors (Lipinski definition) is 4. The van der Waals surface area contributed by atoms with Gasteiger partial charge in [-0.1, -0.05) is 42.5 Å². The van der Waals surface area contributed by atoms with E-state index in [9.17, 15) is 5.11 Å². The summed E-state index contributed by atoms with van der Waals surface area (Å²) in [4.78, 5) is 0. The average molecular weight is 256 g/mol. The number of aliphatic hydroxyl groups is 1. The zero-order chi connectivity index (χ0) is 12.4. The van der Waals surface area contributed by atoms with Crippen molar-refractivity contribution in [3.63, 3.8) is 0 Å². The molecule has 0 aliphatic carbocycles. The number of aliphatic hydroxyl groups excluding tert-OH is 1. The second-order valence-corrected chi connectivity index (χ2v) is 4.75. The Hall–Kier alpha value is -1.78. The van der Waals surface area contributed by atoms with Crippen LogP contribution in [0.3, 0.4) is 0 Å². The molecule has 2 aromatic carbocycles. The summed E-state index contributed by atoms with van der Waals surface area (Å²) in [6.07, 6.45) is 1.60. The average Bonchev–Trinajstić information content (AvgIpc) is 2.93. The van der Waals surface area contributed by atoms with Gasteiger partial charge in [0.1, 0.15) is 11.8 Å². The standard InChI is InChI=1S/C14H12N2OS/c17-14(13-9-15-18-16-13)8-11-6-3-5-10-4-1-2-7-12(10)11/h1-7,9,14,17H,8H2. The number of hydrogen-bond donors (Lipinski definition) is 1. The fraction of sp³-hybridized carbons (Fsp3) is 0.143. The minimum absolute atomic E-state index is 0.562. The van der Waals surface area contributed by atoms with Crippen molar-refractivity contribution in [2.75, 3.05) is 0 Å². The van der Waals surface area contributed by atoms with Crippen LogP contribution in [0.15, 0.2) is 48.7 Å². The molecule has 0 spiro atoms. The first-order valence-corrected chi connectivity index (χ1v) is 6.50. The Morgan fingerprint density at radius 3 is 2.78 bits per heavy atom. The van der Waals surface area contributed by atoms with Crippen molar-refractivity contribution in [2.24, 2.45) is 0 Å². The van der Waals surface area contributed by atoms with Crippen LogP contribution in [0.5, 0.6) is 0 Å². The van der Waals surface area contributed by atoms with Crippen molar-refractivity contribution in [3.8, 4) is 0 Å². The van der Waals surface area contributed by atoms with Gasteiger partial charge in [-0.25, -0.2) is 0 Å². The molecule has 0 aliphatic heterocycles. The van der Waals surface area contributed by atoms with Crippen molar-refractivity contribution in [3.05, 3.63) is 59.9 Å². The summed E-state index contributed by atoms with van der Waals surface area (Å²) in [6.45, 7) is 0. The van der Waals surface area contributed by atoms with Crippen molar-refractivity contribution < 1.29 is 5.11 Å². The number of nitrogens with zero attached hydrogens (tertiary/aromatic N) is 2. The van der Waals surface area contributed by atoms with Gasteiger partial charge in [0.05, 0.1) is 17.9 Å². The Bertz CT molecular complexity index is 646. The maximum Gasteiger partial charge on any atom is 0.103 e. The van der Waals surface area contributed by atoms with Crippen LogP contribution in [0, 0.1) is 0 Å². The number of aromatic nitrogens is 2.